The molecule has 4 aromatic rings. The van der Waals surface area contributed by atoms with Crippen LogP contribution in [0.25, 0.3) is 22.3 Å². The van der Waals surface area contributed by atoms with Crippen molar-refractivity contribution < 1.29 is 9.21 Å². The summed E-state index contributed by atoms with van der Waals surface area (Å²) < 4.78 is 6.17. The lowest BCUT2D eigenvalue weighted by Crippen LogP contribution is -2.42. The number of furan rings is 1. The van der Waals surface area contributed by atoms with Crippen molar-refractivity contribution >= 4 is 22.6 Å². The zero-order valence-electron chi connectivity index (χ0n) is 18.2. The summed E-state index contributed by atoms with van der Waals surface area (Å²) >= 11 is 0. The van der Waals surface area contributed by atoms with Crippen molar-refractivity contribution in [1.29, 1.82) is 0 Å². The molecule has 5 nitrogen and oxygen atoms in total. The van der Waals surface area contributed by atoms with Gasteiger partial charge in [-0.15, -0.1) is 0 Å². The van der Waals surface area contributed by atoms with Gasteiger partial charge >= 0.3 is 0 Å². The Kier molecular flexibility index (Phi) is 5.75. The van der Waals surface area contributed by atoms with Gasteiger partial charge in [-0.2, -0.15) is 0 Å². The first-order chi connectivity index (χ1) is 15.7. The summed E-state index contributed by atoms with van der Waals surface area (Å²) in [4.78, 5) is 15.3. The van der Waals surface area contributed by atoms with Crippen molar-refractivity contribution in [3.63, 3.8) is 0 Å². The van der Waals surface area contributed by atoms with Gasteiger partial charge in [0.15, 0.2) is 0 Å². The van der Waals surface area contributed by atoms with E-state index >= 15 is 0 Å². The molecule has 1 aliphatic heterocycles. The number of rotatable bonds is 5. The molecule has 1 aromatic heterocycles. The van der Waals surface area contributed by atoms with Crippen LogP contribution in [0.2, 0.25) is 0 Å². The van der Waals surface area contributed by atoms with Gasteiger partial charge in [0.2, 0.25) is 0 Å². The lowest BCUT2D eigenvalue weighted by Gasteiger charge is -2.27. The zero-order valence-corrected chi connectivity index (χ0v) is 18.2. The van der Waals surface area contributed by atoms with Crippen LogP contribution >= 0.6 is 0 Å². The molecule has 5 heteroatoms. The minimum atomic E-state index is -0.129. The lowest BCUT2D eigenvalue weighted by atomic mass is 10.1. The van der Waals surface area contributed by atoms with E-state index in [1.165, 1.54) is 5.56 Å². The van der Waals surface area contributed by atoms with Crippen LogP contribution in [-0.4, -0.2) is 37.0 Å². The third-order valence-corrected chi connectivity index (χ3v) is 5.92. The fourth-order valence-electron chi connectivity index (χ4n) is 4.24. The van der Waals surface area contributed by atoms with E-state index in [-0.39, 0.29) is 5.91 Å². The summed E-state index contributed by atoms with van der Waals surface area (Å²) in [5.74, 6) is 0.620. The highest BCUT2D eigenvalue weighted by Crippen LogP contribution is 2.33. The van der Waals surface area contributed by atoms with E-state index in [9.17, 15) is 4.79 Å². The molecule has 1 amide bonds. The maximum Gasteiger partial charge on any atom is 0.255 e. The standard InChI is InChI=1S/C27H27N3O2/c1-19-5-4-6-21(15-19)27(31)29-24-8-3-2-7-23(24)26-17-22-16-20(9-10-25(22)32-26)18-30-13-11-28-12-14-30/h2-10,15-17,28H,11-14,18H2,1H3,(H,29,31). The van der Waals surface area contributed by atoms with E-state index in [1.807, 2.05) is 61.5 Å². The molecule has 1 fully saturated rings. The zero-order chi connectivity index (χ0) is 21.9. The minimum absolute atomic E-state index is 0.129. The van der Waals surface area contributed by atoms with Gasteiger partial charge < -0.3 is 15.1 Å². The summed E-state index contributed by atoms with van der Waals surface area (Å²) in [5, 5.41) is 7.52. The monoisotopic (exact) mass is 425 g/mol. The third kappa shape index (κ3) is 4.44. The molecule has 0 saturated carbocycles. The Balaban J connectivity index is 1.40. The highest BCUT2D eigenvalue weighted by molar-refractivity contribution is 6.06. The number of fused-ring (bicyclic) bond motifs is 1. The minimum Gasteiger partial charge on any atom is -0.456 e. The lowest BCUT2D eigenvalue weighted by molar-refractivity contribution is 0.102. The van der Waals surface area contributed by atoms with Crippen molar-refractivity contribution in [1.82, 2.24) is 10.2 Å². The van der Waals surface area contributed by atoms with Crippen LogP contribution < -0.4 is 10.6 Å². The van der Waals surface area contributed by atoms with Gasteiger partial charge in [0.05, 0.1) is 5.69 Å². The number of nitrogens with one attached hydrogen (secondary N) is 2. The molecule has 5 rings (SSSR count). The van der Waals surface area contributed by atoms with Crippen LogP contribution in [-0.2, 0) is 6.54 Å². The van der Waals surface area contributed by atoms with Crippen molar-refractivity contribution in [2.45, 2.75) is 13.5 Å². The van der Waals surface area contributed by atoms with Crippen LogP contribution in [0.15, 0.2) is 77.2 Å². The van der Waals surface area contributed by atoms with E-state index < -0.39 is 0 Å². The van der Waals surface area contributed by atoms with Crippen LogP contribution in [0.5, 0.6) is 0 Å². The van der Waals surface area contributed by atoms with Gasteiger partial charge in [-0.25, -0.2) is 0 Å². The Morgan fingerprint density at radius 3 is 2.69 bits per heavy atom. The molecule has 0 unspecified atom stereocenters. The first-order valence-corrected chi connectivity index (χ1v) is 11.1. The third-order valence-electron chi connectivity index (χ3n) is 5.92. The first kappa shape index (κ1) is 20.5. The second kappa shape index (κ2) is 8.99. The van der Waals surface area contributed by atoms with E-state index in [0.29, 0.717) is 5.56 Å². The summed E-state index contributed by atoms with van der Waals surface area (Å²) in [5.41, 5.74) is 5.44. The summed E-state index contributed by atoms with van der Waals surface area (Å²) in [6.45, 7) is 7.16. The topological polar surface area (TPSA) is 57.5 Å². The number of amides is 1. The number of benzene rings is 3. The molecule has 2 N–H and O–H groups in total. The normalized spacial score (nSPS) is 14.5. The van der Waals surface area contributed by atoms with Gasteiger partial charge in [-0.05, 0) is 55.0 Å². The molecule has 0 spiro atoms. The highest BCUT2D eigenvalue weighted by Gasteiger charge is 2.15. The summed E-state index contributed by atoms with van der Waals surface area (Å²) in [6.07, 6.45) is 0. The quantitative estimate of drug-likeness (QED) is 0.469. The van der Waals surface area contributed by atoms with Crippen LogP contribution in [0.4, 0.5) is 5.69 Å². The number of carbonyl (C=O) groups excluding carboxylic acids is 1. The number of aryl methyl sites for hydroxylation is 1. The average molecular weight is 426 g/mol. The predicted octanol–water partition coefficient (Wildman–Crippen LogP) is 5.07. The van der Waals surface area contributed by atoms with E-state index in [2.05, 4.69) is 33.7 Å². The van der Waals surface area contributed by atoms with Crippen molar-refractivity contribution in [2.75, 3.05) is 31.5 Å². The number of hydrogen-bond acceptors (Lipinski definition) is 4. The fourth-order valence-corrected chi connectivity index (χ4v) is 4.24. The van der Waals surface area contributed by atoms with Gasteiger partial charge in [0.1, 0.15) is 11.3 Å². The Bertz CT molecular complexity index is 1250. The summed E-state index contributed by atoms with van der Waals surface area (Å²) in [7, 11) is 0. The summed E-state index contributed by atoms with van der Waals surface area (Å²) in [6, 6.07) is 23.8. The Morgan fingerprint density at radius 2 is 1.84 bits per heavy atom. The van der Waals surface area contributed by atoms with Crippen LogP contribution in [0, 0.1) is 6.92 Å². The maximum absolute atomic E-state index is 12.8. The Labute approximate surface area is 188 Å². The van der Waals surface area contributed by atoms with E-state index in [1.54, 1.807) is 0 Å². The van der Waals surface area contributed by atoms with Crippen molar-refractivity contribution in [2.24, 2.45) is 0 Å². The number of nitrogens with zero attached hydrogens (tertiary/aromatic N) is 1. The number of hydrogen-bond donors (Lipinski definition) is 2. The molecule has 3 aromatic carbocycles. The number of para-hydroxylation sites is 1. The van der Waals surface area contributed by atoms with Gasteiger partial charge in [0.25, 0.3) is 5.91 Å². The number of anilines is 1. The average Bonchev–Trinajstić information content (AvgIpc) is 3.23. The Hall–Kier alpha value is -3.41. The Morgan fingerprint density at radius 1 is 1.00 bits per heavy atom. The molecule has 0 bridgehead atoms. The maximum atomic E-state index is 12.8. The molecule has 32 heavy (non-hydrogen) atoms. The predicted molar refractivity (Wildman–Crippen MR) is 129 cm³/mol. The molecule has 0 atom stereocenters. The van der Waals surface area contributed by atoms with Gasteiger partial charge in [-0.3, -0.25) is 9.69 Å². The molecular weight excluding hydrogens is 398 g/mol. The fraction of sp³-hybridized carbons (Fsp3) is 0.222. The molecule has 2 heterocycles. The SMILES string of the molecule is Cc1cccc(C(=O)Nc2ccccc2-c2cc3cc(CN4CCNCC4)ccc3o2)c1. The molecule has 0 aliphatic carbocycles. The smallest absolute Gasteiger partial charge is 0.255 e. The van der Waals surface area contributed by atoms with Crippen LogP contribution in [0.1, 0.15) is 21.5 Å². The second-order valence-electron chi connectivity index (χ2n) is 8.38. The van der Waals surface area contributed by atoms with Crippen molar-refractivity contribution in [3.8, 4) is 11.3 Å². The first-order valence-electron chi connectivity index (χ1n) is 11.1. The van der Waals surface area contributed by atoms with Gasteiger partial charge in [0, 0.05) is 49.2 Å². The van der Waals surface area contributed by atoms with E-state index in [4.69, 9.17) is 4.42 Å². The van der Waals surface area contributed by atoms with Crippen LogP contribution in [0.3, 0.4) is 0 Å². The largest absolute Gasteiger partial charge is 0.456 e. The number of carbonyl (C=O) groups is 1. The van der Waals surface area contributed by atoms with Gasteiger partial charge in [-0.1, -0.05) is 35.9 Å². The number of piperazine rings is 1. The molecule has 1 aliphatic rings. The molecule has 1 saturated heterocycles. The molecule has 0 radical (unpaired) electrons. The van der Waals surface area contributed by atoms with E-state index in [0.717, 1.165) is 66.3 Å². The highest BCUT2D eigenvalue weighted by atomic mass is 16.3. The second-order valence-corrected chi connectivity index (χ2v) is 8.38. The molecule has 162 valence electrons. The van der Waals surface area contributed by atoms with Crippen molar-refractivity contribution in [3.05, 3.63) is 89.5 Å². The molecular formula is C27H27N3O2.